The van der Waals surface area contributed by atoms with Gasteiger partial charge in [-0.25, -0.2) is 0 Å². The minimum Gasteiger partial charge on any atom is -0.338 e. The van der Waals surface area contributed by atoms with Crippen molar-refractivity contribution in [1.29, 1.82) is 0 Å². The number of amides is 1. The number of alkyl halides is 1. The normalized spacial score (nSPS) is 12.3. The molecular weight excluding hydrogens is 357 g/mol. The smallest absolute Gasteiger partial charge is 0.255 e. The maximum atomic E-state index is 12.1. The van der Waals surface area contributed by atoms with E-state index in [1.54, 1.807) is 18.0 Å². The highest BCUT2D eigenvalue weighted by atomic mass is 79.9. The van der Waals surface area contributed by atoms with Crippen molar-refractivity contribution >= 4 is 49.4 Å². The Bertz CT molecular complexity index is 398. The lowest BCUT2D eigenvalue weighted by Crippen LogP contribution is -2.36. The minimum absolute atomic E-state index is 0.0183. The Morgan fingerprint density at radius 1 is 1.50 bits per heavy atom. The van der Waals surface area contributed by atoms with Gasteiger partial charge in [0.05, 0.1) is 5.56 Å². The summed E-state index contributed by atoms with van der Waals surface area (Å²) in [5.74, 6) is 0.392. The molecule has 16 heavy (non-hydrogen) atoms. The summed E-state index contributed by atoms with van der Waals surface area (Å²) in [6, 6.07) is 5.50. The number of hydrogen-bond acceptors (Lipinski definition) is 1. The number of benzene rings is 1. The third-order valence-electron chi connectivity index (χ3n) is 2.37. The van der Waals surface area contributed by atoms with Crippen molar-refractivity contribution < 1.29 is 4.79 Å². The third-order valence-corrected chi connectivity index (χ3v) is 3.96. The zero-order valence-electron chi connectivity index (χ0n) is 9.01. The number of halogens is 3. The molecule has 0 aliphatic rings. The van der Waals surface area contributed by atoms with Gasteiger partial charge in [0.15, 0.2) is 0 Å². The molecule has 88 valence electrons. The average Bonchev–Trinajstić information content (AvgIpc) is 2.26. The van der Waals surface area contributed by atoms with Crippen molar-refractivity contribution in [2.75, 3.05) is 12.9 Å². The molecule has 0 saturated heterocycles. The van der Waals surface area contributed by atoms with Crippen LogP contribution in [-0.4, -0.2) is 29.8 Å². The molecule has 0 aliphatic carbocycles. The molecule has 2 nitrogen and oxygen atoms in total. The second kappa shape index (κ2) is 6.03. The second-order valence-corrected chi connectivity index (χ2v) is 5.62. The highest BCUT2D eigenvalue weighted by Gasteiger charge is 2.18. The SMILES string of the molecule is CC(CCl)N(C)C(=O)c1ccc(Br)cc1Br. The number of hydrogen-bond donors (Lipinski definition) is 0. The summed E-state index contributed by atoms with van der Waals surface area (Å²) < 4.78 is 1.71. The first-order valence-electron chi connectivity index (χ1n) is 4.75. The molecule has 0 aliphatic heterocycles. The van der Waals surface area contributed by atoms with Crippen LogP contribution in [0.1, 0.15) is 17.3 Å². The standard InChI is InChI=1S/C11H12Br2ClNO/c1-7(6-14)15(2)11(16)9-4-3-8(12)5-10(9)13/h3-5,7H,6H2,1-2H3. The van der Waals surface area contributed by atoms with Crippen LogP contribution < -0.4 is 0 Å². The molecule has 0 bridgehead atoms. The van der Waals surface area contributed by atoms with Crippen LogP contribution in [0.5, 0.6) is 0 Å². The van der Waals surface area contributed by atoms with E-state index in [-0.39, 0.29) is 11.9 Å². The van der Waals surface area contributed by atoms with Crippen LogP contribution in [0.2, 0.25) is 0 Å². The van der Waals surface area contributed by atoms with Crippen LogP contribution >= 0.6 is 43.5 Å². The quantitative estimate of drug-likeness (QED) is 0.740. The van der Waals surface area contributed by atoms with Gasteiger partial charge in [-0.05, 0) is 41.1 Å². The van der Waals surface area contributed by atoms with Crippen LogP contribution in [0.4, 0.5) is 0 Å². The molecule has 1 unspecified atom stereocenters. The van der Waals surface area contributed by atoms with Crippen molar-refractivity contribution in [3.8, 4) is 0 Å². The van der Waals surface area contributed by atoms with E-state index in [1.807, 2.05) is 19.1 Å². The van der Waals surface area contributed by atoms with Gasteiger partial charge >= 0.3 is 0 Å². The molecule has 0 spiro atoms. The zero-order chi connectivity index (χ0) is 12.3. The lowest BCUT2D eigenvalue weighted by atomic mass is 10.2. The predicted molar refractivity (Wildman–Crippen MR) is 74.1 cm³/mol. The first-order chi connectivity index (χ1) is 7.47. The van der Waals surface area contributed by atoms with Crippen molar-refractivity contribution in [3.63, 3.8) is 0 Å². The molecule has 0 fully saturated rings. The zero-order valence-corrected chi connectivity index (χ0v) is 12.9. The van der Waals surface area contributed by atoms with Gasteiger partial charge in [0.25, 0.3) is 5.91 Å². The molecule has 1 amide bonds. The molecule has 0 aromatic heterocycles. The first-order valence-corrected chi connectivity index (χ1v) is 6.87. The topological polar surface area (TPSA) is 20.3 Å². The Morgan fingerprint density at radius 3 is 2.62 bits per heavy atom. The van der Waals surface area contributed by atoms with Crippen LogP contribution in [0.3, 0.4) is 0 Å². The highest BCUT2D eigenvalue weighted by Crippen LogP contribution is 2.23. The van der Waals surface area contributed by atoms with E-state index in [0.29, 0.717) is 11.4 Å². The van der Waals surface area contributed by atoms with E-state index >= 15 is 0 Å². The Hall–Kier alpha value is -0.0600. The lowest BCUT2D eigenvalue weighted by Gasteiger charge is -2.23. The molecule has 0 heterocycles. The van der Waals surface area contributed by atoms with Gasteiger partial charge in [0.2, 0.25) is 0 Å². The summed E-state index contributed by atoms with van der Waals surface area (Å²) in [7, 11) is 1.75. The first kappa shape index (κ1) is 14.0. The fourth-order valence-corrected chi connectivity index (χ4v) is 2.58. The van der Waals surface area contributed by atoms with Crippen molar-refractivity contribution in [1.82, 2.24) is 4.90 Å². The number of rotatable bonds is 3. The van der Waals surface area contributed by atoms with E-state index in [1.165, 1.54) is 0 Å². The van der Waals surface area contributed by atoms with Gasteiger partial charge in [-0.3, -0.25) is 4.79 Å². The Balaban J connectivity index is 2.96. The van der Waals surface area contributed by atoms with Crippen molar-refractivity contribution in [3.05, 3.63) is 32.7 Å². The molecule has 1 aromatic rings. The number of nitrogens with zero attached hydrogens (tertiary/aromatic N) is 1. The molecular formula is C11H12Br2ClNO. The minimum atomic E-state index is -0.0347. The molecule has 1 rings (SSSR count). The van der Waals surface area contributed by atoms with Crippen molar-refractivity contribution in [2.24, 2.45) is 0 Å². The third kappa shape index (κ3) is 3.22. The molecule has 1 atom stereocenters. The van der Waals surface area contributed by atoms with Gasteiger partial charge in [-0.15, -0.1) is 11.6 Å². The molecule has 0 radical (unpaired) electrons. The van der Waals surface area contributed by atoms with Gasteiger partial charge in [0, 0.05) is 27.9 Å². The van der Waals surface area contributed by atoms with Crippen LogP contribution in [-0.2, 0) is 0 Å². The van der Waals surface area contributed by atoms with E-state index in [0.717, 1.165) is 8.95 Å². The fraction of sp³-hybridized carbons (Fsp3) is 0.364. The molecule has 0 N–H and O–H groups in total. The van der Waals surface area contributed by atoms with Gasteiger partial charge in [-0.2, -0.15) is 0 Å². The fourth-order valence-electron chi connectivity index (χ4n) is 1.16. The van der Waals surface area contributed by atoms with E-state index < -0.39 is 0 Å². The van der Waals surface area contributed by atoms with Gasteiger partial charge in [0.1, 0.15) is 0 Å². The summed E-state index contributed by atoms with van der Waals surface area (Å²) in [5.41, 5.74) is 0.641. The van der Waals surface area contributed by atoms with E-state index in [2.05, 4.69) is 31.9 Å². The summed E-state index contributed by atoms with van der Waals surface area (Å²) >= 11 is 12.5. The molecule has 5 heteroatoms. The largest absolute Gasteiger partial charge is 0.338 e. The summed E-state index contributed by atoms with van der Waals surface area (Å²) in [6.45, 7) is 1.91. The molecule has 1 aromatic carbocycles. The Morgan fingerprint density at radius 2 is 2.12 bits per heavy atom. The maximum absolute atomic E-state index is 12.1. The van der Waals surface area contributed by atoms with Gasteiger partial charge < -0.3 is 4.90 Å². The summed E-state index contributed by atoms with van der Waals surface area (Å²) in [4.78, 5) is 13.7. The van der Waals surface area contributed by atoms with E-state index in [4.69, 9.17) is 11.6 Å². The van der Waals surface area contributed by atoms with Crippen LogP contribution in [0, 0.1) is 0 Å². The number of carbonyl (C=O) groups excluding carboxylic acids is 1. The van der Waals surface area contributed by atoms with E-state index in [9.17, 15) is 4.79 Å². The molecule has 0 saturated carbocycles. The average molecular weight is 369 g/mol. The summed E-state index contributed by atoms with van der Waals surface area (Å²) in [5, 5.41) is 0. The Labute approximate surface area is 117 Å². The van der Waals surface area contributed by atoms with Crippen LogP contribution in [0.25, 0.3) is 0 Å². The number of carbonyl (C=O) groups is 1. The highest BCUT2D eigenvalue weighted by molar-refractivity contribution is 9.11. The Kier molecular flexibility index (Phi) is 5.28. The second-order valence-electron chi connectivity index (χ2n) is 3.54. The predicted octanol–water partition coefficient (Wildman–Crippen LogP) is 3.91. The lowest BCUT2D eigenvalue weighted by molar-refractivity contribution is 0.0756. The van der Waals surface area contributed by atoms with Crippen molar-refractivity contribution in [2.45, 2.75) is 13.0 Å². The maximum Gasteiger partial charge on any atom is 0.255 e. The van der Waals surface area contributed by atoms with Crippen LogP contribution in [0.15, 0.2) is 27.1 Å². The monoisotopic (exact) mass is 367 g/mol. The van der Waals surface area contributed by atoms with Gasteiger partial charge in [-0.1, -0.05) is 15.9 Å². The summed E-state index contributed by atoms with van der Waals surface area (Å²) in [6.07, 6.45) is 0.